The Morgan fingerprint density at radius 3 is 2.02 bits per heavy atom. The fraction of sp³-hybridized carbons (Fsp3) is 0. The number of rotatable bonds is 1. The summed E-state index contributed by atoms with van der Waals surface area (Å²) < 4.78 is 9.33. The Morgan fingerprint density at radius 1 is 0.478 bits per heavy atom. The number of furan rings is 1. The highest BCUT2D eigenvalue weighted by atomic mass is 16.3. The Kier molecular flexibility index (Phi) is 4.66. The van der Waals surface area contributed by atoms with Crippen LogP contribution in [0.4, 0.5) is 11.4 Å². The van der Waals surface area contributed by atoms with Gasteiger partial charge < -0.3 is 13.8 Å². The molecule has 0 amide bonds. The Bertz CT molecular complexity index is 2720. The second-order valence-electron chi connectivity index (χ2n) is 12.4. The van der Waals surface area contributed by atoms with Crippen LogP contribution >= 0.6 is 0 Å². The lowest BCUT2D eigenvalue weighted by Crippen LogP contribution is -2.59. The van der Waals surface area contributed by atoms with E-state index in [1.807, 2.05) is 0 Å². The van der Waals surface area contributed by atoms with Crippen molar-refractivity contribution in [1.29, 1.82) is 0 Å². The van der Waals surface area contributed by atoms with E-state index in [0.717, 1.165) is 27.8 Å². The molecular weight excluding hydrogens is 559 g/mol. The Morgan fingerprint density at radius 2 is 1.15 bits per heavy atom. The highest BCUT2D eigenvalue weighted by Gasteiger charge is 2.43. The molecule has 0 fully saturated rings. The molecule has 0 N–H and O–H groups in total. The summed E-state index contributed by atoms with van der Waals surface area (Å²) in [6.45, 7) is 0.0462. The van der Waals surface area contributed by atoms with E-state index in [0.29, 0.717) is 0 Å². The third kappa shape index (κ3) is 2.99. The highest BCUT2D eigenvalue weighted by molar-refractivity contribution is 6.92. The fourth-order valence-corrected chi connectivity index (χ4v) is 8.39. The van der Waals surface area contributed by atoms with Gasteiger partial charge in [0.2, 0.25) is 0 Å². The van der Waals surface area contributed by atoms with Crippen LogP contribution in [0.2, 0.25) is 0 Å². The Balaban J connectivity index is 1.29. The van der Waals surface area contributed by atoms with E-state index >= 15 is 0 Å². The lowest BCUT2D eigenvalue weighted by atomic mass is 9.43. The average molecular weight is 584 g/mol. The summed E-state index contributed by atoms with van der Waals surface area (Å²) in [7, 11) is 0. The topological polar surface area (TPSA) is 21.3 Å². The van der Waals surface area contributed by atoms with Crippen molar-refractivity contribution in [3.8, 4) is 27.9 Å². The maximum absolute atomic E-state index is 6.97. The first-order valence-electron chi connectivity index (χ1n) is 15.9. The molecule has 4 heteroatoms. The third-order valence-electron chi connectivity index (χ3n) is 10.2. The van der Waals surface area contributed by atoms with Gasteiger partial charge in [0.05, 0.1) is 11.0 Å². The van der Waals surface area contributed by atoms with Crippen LogP contribution in [-0.4, -0.2) is 11.4 Å². The molecule has 0 atom stereocenters. The van der Waals surface area contributed by atoms with Crippen molar-refractivity contribution >= 4 is 72.9 Å². The van der Waals surface area contributed by atoms with Crippen LogP contribution in [0, 0.1) is 0 Å². The van der Waals surface area contributed by atoms with E-state index in [-0.39, 0.29) is 6.85 Å². The van der Waals surface area contributed by atoms with Crippen LogP contribution < -0.4 is 15.7 Å². The molecule has 0 unspecified atom stereocenters. The summed E-state index contributed by atoms with van der Waals surface area (Å²) in [5.41, 5.74) is 15.4. The number of aromatic nitrogens is 1. The van der Waals surface area contributed by atoms with Gasteiger partial charge in [-0.1, -0.05) is 109 Å². The van der Waals surface area contributed by atoms with Crippen molar-refractivity contribution < 1.29 is 4.42 Å². The summed E-state index contributed by atoms with van der Waals surface area (Å²) in [4.78, 5) is 2.55. The number of anilines is 2. The van der Waals surface area contributed by atoms with Gasteiger partial charge in [-0.15, -0.1) is 0 Å². The van der Waals surface area contributed by atoms with Crippen molar-refractivity contribution in [3.05, 3.63) is 152 Å². The van der Waals surface area contributed by atoms with Crippen molar-refractivity contribution in [3.63, 3.8) is 0 Å². The van der Waals surface area contributed by atoms with Crippen molar-refractivity contribution in [2.24, 2.45) is 0 Å². The number of hydrogen-bond acceptors (Lipinski definition) is 2. The number of fused-ring (bicyclic) bond motifs is 19. The number of hydrogen-bond donors (Lipinski definition) is 0. The smallest absolute Gasteiger partial charge is 0.329 e. The summed E-state index contributed by atoms with van der Waals surface area (Å²) >= 11 is 0. The zero-order valence-corrected chi connectivity index (χ0v) is 24.8. The largest absolute Gasteiger partial charge is 0.454 e. The first-order chi connectivity index (χ1) is 22.9. The molecule has 2 aromatic heterocycles. The standard InChI is InChI=1S/C42H25BN2O/c1-2-12-26(13-3-1)44-35-19-9-5-16-29(35)30-22-23-32-40-38(46-42(32)41(30)44)25-24-34-39(40)31-17-7-11-21-37(31)45-36-20-10-6-15-28(36)27-14-4-8-18-33(27)43(34)45/h1-25H. The monoisotopic (exact) mass is 584 g/mol. The molecule has 2 aliphatic heterocycles. The molecule has 0 bridgehead atoms. The van der Waals surface area contributed by atoms with Gasteiger partial charge in [0, 0.05) is 49.7 Å². The fourth-order valence-electron chi connectivity index (χ4n) is 8.39. The van der Waals surface area contributed by atoms with Crippen LogP contribution in [0.3, 0.4) is 0 Å². The summed E-state index contributed by atoms with van der Waals surface area (Å²) in [5.74, 6) is 0. The van der Waals surface area contributed by atoms with Gasteiger partial charge in [0.25, 0.3) is 0 Å². The van der Waals surface area contributed by atoms with Crippen molar-refractivity contribution in [2.75, 3.05) is 4.81 Å². The second-order valence-corrected chi connectivity index (χ2v) is 12.4. The van der Waals surface area contributed by atoms with Gasteiger partial charge in [0.1, 0.15) is 5.58 Å². The molecule has 9 aromatic rings. The summed E-state index contributed by atoms with van der Waals surface area (Å²) in [6, 6.07) is 55.0. The molecule has 2 aliphatic rings. The van der Waals surface area contributed by atoms with Crippen LogP contribution in [0.25, 0.3) is 71.7 Å². The van der Waals surface area contributed by atoms with E-state index in [2.05, 4.69) is 161 Å². The number of para-hydroxylation sites is 4. The van der Waals surface area contributed by atoms with E-state index in [1.165, 1.54) is 66.2 Å². The van der Waals surface area contributed by atoms with E-state index < -0.39 is 0 Å². The molecule has 0 aliphatic carbocycles. The minimum Gasteiger partial charge on any atom is -0.454 e. The van der Waals surface area contributed by atoms with Gasteiger partial charge in [-0.25, -0.2) is 0 Å². The normalized spacial score (nSPS) is 13.1. The van der Waals surface area contributed by atoms with E-state index in [9.17, 15) is 0 Å². The van der Waals surface area contributed by atoms with Crippen LogP contribution in [-0.2, 0) is 0 Å². The Hall–Kier alpha value is -6.00. The SMILES string of the molecule is c1ccc(-n2c3ccccc3c3ccc4c(oc5ccc6c(c54)-c4ccccc4N4B6c5ccccc5-c5ccccc54)c32)cc1. The molecule has 0 saturated carbocycles. The van der Waals surface area contributed by atoms with Crippen molar-refractivity contribution in [2.45, 2.75) is 0 Å². The molecular formula is C42H25BN2O. The van der Waals surface area contributed by atoms with Crippen molar-refractivity contribution in [1.82, 2.24) is 4.57 Å². The van der Waals surface area contributed by atoms with E-state index in [1.54, 1.807) is 0 Å². The molecule has 0 radical (unpaired) electrons. The maximum atomic E-state index is 6.97. The average Bonchev–Trinajstić information content (AvgIpc) is 3.68. The second kappa shape index (κ2) is 8.80. The van der Waals surface area contributed by atoms with Gasteiger partial charge in [-0.3, -0.25) is 0 Å². The zero-order chi connectivity index (χ0) is 29.9. The molecule has 212 valence electrons. The molecule has 0 saturated heterocycles. The van der Waals surface area contributed by atoms with Crippen LogP contribution in [0.15, 0.2) is 156 Å². The first kappa shape index (κ1) is 24.3. The molecule has 4 heterocycles. The predicted molar refractivity (Wildman–Crippen MR) is 193 cm³/mol. The maximum Gasteiger partial charge on any atom is 0.329 e. The predicted octanol–water partition coefficient (Wildman–Crippen LogP) is 9.59. The van der Waals surface area contributed by atoms with E-state index in [4.69, 9.17) is 4.42 Å². The molecule has 7 aromatic carbocycles. The third-order valence-corrected chi connectivity index (χ3v) is 10.2. The Labute approximate surface area is 265 Å². The van der Waals surface area contributed by atoms with Crippen LogP contribution in [0.1, 0.15) is 0 Å². The number of benzene rings is 7. The molecule has 11 rings (SSSR count). The number of nitrogens with zero attached hydrogens (tertiary/aromatic N) is 2. The quantitative estimate of drug-likeness (QED) is 0.179. The van der Waals surface area contributed by atoms with Gasteiger partial charge >= 0.3 is 6.85 Å². The first-order valence-corrected chi connectivity index (χ1v) is 15.9. The minimum atomic E-state index is 0.0462. The zero-order valence-electron chi connectivity index (χ0n) is 24.8. The summed E-state index contributed by atoms with van der Waals surface area (Å²) in [6.07, 6.45) is 0. The lowest BCUT2D eigenvalue weighted by molar-refractivity contribution is 0.671. The molecule has 3 nitrogen and oxygen atoms in total. The minimum absolute atomic E-state index is 0.0462. The molecule has 0 spiro atoms. The summed E-state index contributed by atoms with van der Waals surface area (Å²) in [5, 5.41) is 4.75. The van der Waals surface area contributed by atoms with Crippen LogP contribution in [0.5, 0.6) is 0 Å². The molecule has 46 heavy (non-hydrogen) atoms. The lowest BCUT2D eigenvalue weighted by Gasteiger charge is -2.43. The van der Waals surface area contributed by atoms with Gasteiger partial charge in [-0.2, -0.15) is 0 Å². The van der Waals surface area contributed by atoms with Gasteiger partial charge in [0.15, 0.2) is 5.58 Å². The van der Waals surface area contributed by atoms with Gasteiger partial charge in [-0.05, 0) is 64.5 Å². The highest BCUT2D eigenvalue weighted by Crippen LogP contribution is 2.49.